The maximum atomic E-state index is 13.5. The number of anilines is 2. The number of aliphatic hydroxyl groups excluding tert-OH is 1. The summed E-state index contributed by atoms with van der Waals surface area (Å²) < 4.78 is 0. The van der Waals surface area contributed by atoms with E-state index in [2.05, 4.69) is 32.3 Å². The van der Waals surface area contributed by atoms with Crippen LogP contribution in [0.25, 0.3) is 11.4 Å². The third-order valence-electron chi connectivity index (χ3n) is 6.97. The number of hydrogen-bond donors (Lipinski definition) is 3. The van der Waals surface area contributed by atoms with Crippen LogP contribution in [0.4, 0.5) is 11.5 Å². The first kappa shape index (κ1) is 28.2. The lowest BCUT2D eigenvalue weighted by Gasteiger charge is -2.28. The SMILES string of the molecule is CCN(CCN(C)C)c1cc(C(=O)Nc2ccccc2C(=O)NC2CCCCC2O)nc(-c2ccccc2)n1. The summed E-state index contributed by atoms with van der Waals surface area (Å²) in [4.78, 5) is 40.3. The van der Waals surface area contributed by atoms with Gasteiger partial charge >= 0.3 is 0 Å². The van der Waals surface area contributed by atoms with Gasteiger partial charge in [-0.25, -0.2) is 9.97 Å². The van der Waals surface area contributed by atoms with Crippen molar-refractivity contribution in [2.45, 2.75) is 44.8 Å². The van der Waals surface area contributed by atoms with Gasteiger partial charge < -0.3 is 25.5 Å². The lowest BCUT2D eigenvalue weighted by molar-refractivity contribution is 0.0718. The average molecular weight is 531 g/mol. The second kappa shape index (κ2) is 13.3. The van der Waals surface area contributed by atoms with Crippen LogP contribution in [0.1, 0.15) is 53.5 Å². The third kappa shape index (κ3) is 7.40. The molecule has 39 heavy (non-hydrogen) atoms. The van der Waals surface area contributed by atoms with E-state index in [9.17, 15) is 14.7 Å². The number of rotatable bonds is 10. The van der Waals surface area contributed by atoms with Gasteiger partial charge in [0, 0.05) is 31.3 Å². The van der Waals surface area contributed by atoms with E-state index in [0.717, 1.165) is 44.5 Å². The molecule has 9 nitrogen and oxygen atoms in total. The van der Waals surface area contributed by atoms with Crippen molar-refractivity contribution in [3.8, 4) is 11.4 Å². The molecular formula is C30H38N6O3. The van der Waals surface area contributed by atoms with Crippen LogP contribution >= 0.6 is 0 Å². The van der Waals surface area contributed by atoms with Gasteiger partial charge in [-0.1, -0.05) is 55.3 Å². The highest BCUT2D eigenvalue weighted by molar-refractivity contribution is 6.08. The van der Waals surface area contributed by atoms with Crippen molar-refractivity contribution in [1.82, 2.24) is 20.2 Å². The number of nitrogens with zero attached hydrogens (tertiary/aromatic N) is 4. The van der Waals surface area contributed by atoms with Gasteiger partial charge in [-0.05, 0) is 46.0 Å². The molecule has 1 saturated carbocycles. The van der Waals surface area contributed by atoms with E-state index in [4.69, 9.17) is 4.98 Å². The first-order chi connectivity index (χ1) is 18.9. The summed E-state index contributed by atoms with van der Waals surface area (Å²) in [7, 11) is 4.04. The van der Waals surface area contributed by atoms with Gasteiger partial charge in [0.25, 0.3) is 11.8 Å². The lowest BCUT2D eigenvalue weighted by atomic mass is 9.92. The molecule has 1 aliphatic rings. The maximum absolute atomic E-state index is 13.5. The molecule has 2 unspecified atom stereocenters. The number of benzene rings is 2. The molecule has 1 aromatic heterocycles. The number of carbonyl (C=O) groups is 2. The molecule has 2 aromatic carbocycles. The second-order valence-corrected chi connectivity index (χ2v) is 10.1. The Kier molecular flexibility index (Phi) is 9.62. The Hall–Kier alpha value is -3.82. The summed E-state index contributed by atoms with van der Waals surface area (Å²) in [5, 5.41) is 16.1. The van der Waals surface area contributed by atoms with Crippen molar-refractivity contribution in [2.75, 3.05) is 43.9 Å². The maximum Gasteiger partial charge on any atom is 0.274 e. The zero-order valence-electron chi connectivity index (χ0n) is 22.9. The summed E-state index contributed by atoms with van der Waals surface area (Å²) >= 11 is 0. The number of aliphatic hydroxyl groups is 1. The summed E-state index contributed by atoms with van der Waals surface area (Å²) in [6.45, 7) is 4.35. The zero-order valence-corrected chi connectivity index (χ0v) is 22.9. The molecule has 4 rings (SSSR count). The van der Waals surface area contributed by atoms with Crippen LogP contribution in [-0.2, 0) is 0 Å². The molecule has 1 heterocycles. The van der Waals surface area contributed by atoms with Crippen molar-refractivity contribution in [1.29, 1.82) is 0 Å². The van der Waals surface area contributed by atoms with Crippen molar-refractivity contribution < 1.29 is 14.7 Å². The minimum atomic E-state index is -0.561. The van der Waals surface area contributed by atoms with Crippen molar-refractivity contribution in [3.05, 3.63) is 71.9 Å². The summed E-state index contributed by atoms with van der Waals surface area (Å²) in [6, 6.07) is 17.8. The van der Waals surface area contributed by atoms with Gasteiger partial charge in [0.2, 0.25) is 0 Å². The van der Waals surface area contributed by atoms with Gasteiger partial charge in [-0.3, -0.25) is 9.59 Å². The minimum absolute atomic E-state index is 0.208. The molecule has 0 bridgehead atoms. The fourth-order valence-electron chi connectivity index (χ4n) is 4.69. The van der Waals surface area contributed by atoms with Crippen LogP contribution in [0.3, 0.4) is 0 Å². The normalized spacial score (nSPS) is 17.1. The Labute approximate surface area is 230 Å². The molecule has 1 aliphatic carbocycles. The van der Waals surface area contributed by atoms with Gasteiger partial charge in [0.1, 0.15) is 11.5 Å². The highest BCUT2D eigenvalue weighted by Gasteiger charge is 2.26. The molecule has 0 saturated heterocycles. The molecule has 2 atom stereocenters. The smallest absolute Gasteiger partial charge is 0.274 e. The highest BCUT2D eigenvalue weighted by Crippen LogP contribution is 2.23. The minimum Gasteiger partial charge on any atom is -0.391 e. The van der Waals surface area contributed by atoms with Crippen LogP contribution in [-0.4, -0.2) is 77.7 Å². The van der Waals surface area contributed by atoms with E-state index in [1.54, 1.807) is 30.3 Å². The van der Waals surface area contributed by atoms with Gasteiger partial charge in [0.05, 0.1) is 23.4 Å². The van der Waals surface area contributed by atoms with Crippen LogP contribution in [0.2, 0.25) is 0 Å². The number of aromatic nitrogens is 2. The fraction of sp³-hybridized carbons (Fsp3) is 0.400. The van der Waals surface area contributed by atoms with Crippen molar-refractivity contribution >= 4 is 23.3 Å². The predicted octanol–water partition coefficient (Wildman–Crippen LogP) is 3.82. The summed E-state index contributed by atoms with van der Waals surface area (Å²) in [5.41, 5.74) is 1.73. The average Bonchev–Trinajstić information content (AvgIpc) is 2.95. The Morgan fingerprint density at radius 2 is 1.67 bits per heavy atom. The Balaban J connectivity index is 1.62. The first-order valence-corrected chi connectivity index (χ1v) is 13.6. The molecule has 3 N–H and O–H groups in total. The molecule has 0 spiro atoms. The molecule has 2 amide bonds. The zero-order chi connectivity index (χ0) is 27.8. The number of nitrogens with one attached hydrogen (secondary N) is 2. The number of para-hydroxylation sites is 1. The van der Waals surface area contributed by atoms with Crippen LogP contribution in [0.5, 0.6) is 0 Å². The first-order valence-electron chi connectivity index (χ1n) is 13.6. The lowest BCUT2D eigenvalue weighted by Crippen LogP contribution is -2.45. The van der Waals surface area contributed by atoms with E-state index in [1.165, 1.54) is 0 Å². The van der Waals surface area contributed by atoms with Crippen LogP contribution in [0.15, 0.2) is 60.7 Å². The van der Waals surface area contributed by atoms with E-state index in [1.807, 2.05) is 44.4 Å². The van der Waals surface area contributed by atoms with Gasteiger partial charge in [-0.15, -0.1) is 0 Å². The quantitative estimate of drug-likeness (QED) is 0.366. The standard InChI is InChI=1S/C30H38N6O3/c1-4-36(19-18-35(2)3)27-20-25(31-28(34-27)21-12-6-5-7-13-21)30(39)32-23-15-9-8-14-22(23)29(38)33-24-16-10-11-17-26(24)37/h5-9,12-15,20,24,26,37H,4,10-11,16-19H2,1-3H3,(H,32,39)(H,33,38). The Morgan fingerprint density at radius 1 is 0.949 bits per heavy atom. The van der Waals surface area contributed by atoms with E-state index in [-0.39, 0.29) is 17.6 Å². The Bertz CT molecular complexity index is 1270. The topological polar surface area (TPSA) is 111 Å². The van der Waals surface area contributed by atoms with Gasteiger partial charge in [0.15, 0.2) is 5.82 Å². The molecule has 3 aromatic rings. The van der Waals surface area contributed by atoms with E-state index < -0.39 is 12.0 Å². The summed E-state index contributed by atoms with van der Waals surface area (Å²) in [6.07, 6.45) is 2.76. The number of carbonyl (C=O) groups excluding carboxylic acids is 2. The molecule has 1 fully saturated rings. The second-order valence-electron chi connectivity index (χ2n) is 10.1. The molecular weight excluding hydrogens is 492 g/mol. The van der Waals surface area contributed by atoms with Crippen LogP contribution in [0, 0.1) is 0 Å². The molecule has 0 radical (unpaired) electrons. The largest absolute Gasteiger partial charge is 0.391 e. The summed E-state index contributed by atoms with van der Waals surface area (Å²) in [5.74, 6) is 0.359. The number of hydrogen-bond acceptors (Lipinski definition) is 7. The fourth-order valence-corrected chi connectivity index (χ4v) is 4.69. The monoisotopic (exact) mass is 530 g/mol. The third-order valence-corrected chi connectivity index (χ3v) is 6.97. The van der Waals surface area contributed by atoms with E-state index >= 15 is 0 Å². The number of likely N-dealkylation sites (N-methyl/N-ethyl adjacent to an activating group) is 2. The Morgan fingerprint density at radius 3 is 2.38 bits per heavy atom. The predicted molar refractivity (Wildman–Crippen MR) is 154 cm³/mol. The van der Waals surface area contributed by atoms with Crippen molar-refractivity contribution in [3.63, 3.8) is 0 Å². The van der Waals surface area contributed by atoms with Crippen molar-refractivity contribution in [2.24, 2.45) is 0 Å². The van der Waals surface area contributed by atoms with Crippen LogP contribution < -0.4 is 15.5 Å². The molecule has 206 valence electrons. The van der Waals surface area contributed by atoms with Gasteiger partial charge in [-0.2, -0.15) is 0 Å². The highest BCUT2D eigenvalue weighted by atomic mass is 16.3. The molecule has 0 aliphatic heterocycles. The molecule has 9 heteroatoms. The number of amides is 2. The van der Waals surface area contributed by atoms with E-state index in [0.29, 0.717) is 29.3 Å².